The maximum absolute atomic E-state index is 13.5. The molecule has 4 aromatic rings. The Kier molecular flexibility index (Phi) is 5.96. The van der Waals surface area contributed by atoms with Gasteiger partial charge >= 0.3 is 5.97 Å². The molecule has 10 nitrogen and oxygen atoms in total. The van der Waals surface area contributed by atoms with Crippen molar-refractivity contribution in [2.24, 2.45) is 0 Å². The SMILES string of the molecule is CC(=O)Nc1ccn(-c2nc(Nc3ccc(F)c(Cl)c3)ncc2-c2cncc(C(=O)O)c2)n1. The van der Waals surface area contributed by atoms with Crippen LogP contribution in [0.2, 0.25) is 5.02 Å². The van der Waals surface area contributed by atoms with Gasteiger partial charge in [0, 0.05) is 54.6 Å². The molecule has 3 aromatic heterocycles. The summed E-state index contributed by atoms with van der Waals surface area (Å²) in [6.07, 6.45) is 5.74. The van der Waals surface area contributed by atoms with Crippen LogP contribution in [0.5, 0.6) is 0 Å². The lowest BCUT2D eigenvalue weighted by Gasteiger charge is -2.12. The van der Waals surface area contributed by atoms with E-state index in [1.54, 1.807) is 12.3 Å². The first-order valence-corrected chi connectivity index (χ1v) is 9.79. The van der Waals surface area contributed by atoms with Crippen LogP contribution in [0.1, 0.15) is 17.3 Å². The molecule has 0 saturated carbocycles. The maximum atomic E-state index is 13.5. The molecule has 0 bridgehead atoms. The first-order chi connectivity index (χ1) is 15.8. The fraction of sp³-hybridized carbons (Fsp3) is 0.0476. The molecule has 4 rings (SSSR count). The summed E-state index contributed by atoms with van der Waals surface area (Å²) in [7, 11) is 0. The van der Waals surface area contributed by atoms with Gasteiger partial charge in [0.05, 0.1) is 10.6 Å². The highest BCUT2D eigenvalue weighted by atomic mass is 35.5. The third-order valence-corrected chi connectivity index (χ3v) is 4.64. The molecule has 0 saturated heterocycles. The molecule has 12 heteroatoms. The van der Waals surface area contributed by atoms with Crippen molar-refractivity contribution >= 4 is 40.9 Å². The highest BCUT2D eigenvalue weighted by Gasteiger charge is 2.16. The number of carboxylic acid groups (broad SMARTS) is 1. The number of carbonyl (C=O) groups excluding carboxylic acids is 1. The molecule has 0 unspecified atom stereocenters. The van der Waals surface area contributed by atoms with Gasteiger partial charge in [-0.05, 0) is 24.3 Å². The van der Waals surface area contributed by atoms with Crippen molar-refractivity contribution in [3.8, 4) is 16.9 Å². The van der Waals surface area contributed by atoms with Gasteiger partial charge in [0.1, 0.15) is 5.82 Å². The van der Waals surface area contributed by atoms with Crippen molar-refractivity contribution in [3.05, 3.63) is 71.5 Å². The topological polar surface area (TPSA) is 135 Å². The van der Waals surface area contributed by atoms with E-state index < -0.39 is 11.8 Å². The fourth-order valence-corrected chi connectivity index (χ4v) is 3.09. The van der Waals surface area contributed by atoms with E-state index in [2.05, 4.69) is 30.7 Å². The van der Waals surface area contributed by atoms with E-state index in [4.69, 9.17) is 11.6 Å². The standard InChI is InChI=1S/C21H15ClFN7O3/c1-11(31)26-18-4-5-30(29-18)19-15(12-6-13(20(32)33)9-24-8-12)10-25-21(28-19)27-14-2-3-17(23)16(22)7-14/h2-10H,1H3,(H,32,33)(H,25,27,28)(H,26,29,31). The highest BCUT2D eigenvalue weighted by Crippen LogP contribution is 2.28. The van der Waals surface area contributed by atoms with Crippen LogP contribution in [0.15, 0.2) is 55.1 Å². The number of hydrogen-bond donors (Lipinski definition) is 3. The zero-order valence-electron chi connectivity index (χ0n) is 17.0. The molecule has 3 N–H and O–H groups in total. The third kappa shape index (κ3) is 4.93. The molecule has 0 fully saturated rings. The molecule has 0 spiro atoms. The maximum Gasteiger partial charge on any atom is 0.337 e. The monoisotopic (exact) mass is 467 g/mol. The zero-order valence-corrected chi connectivity index (χ0v) is 17.7. The predicted molar refractivity (Wildman–Crippen MR) is 118 cm³/mol. The molecule has 0 aliphatic rings. The Hall–Kier alpha value is -4.38. The first kappa shape index (κ1) is 21.8. The summed E-state index contributed by atoms with van der Waals surface area (Å²) in [6.45, 7) is 1.36. The van der Waals surface area contributed by atoms with Gasteiger partial charge in [-0.2, -0.15) is 4.98 Å². The van der Waals surface area contributed by atoms with E-state index in [0.29, 0.717) is 22.6 Å². The van der Waals surface area contributed by atoms with Crippen LogP contribution in [0.25, 0.3) is 16.9 Å². The number of hydrogen-bond acceptors (Lipinski definition) is 7. The van der Waals surface area contributed by atoms with E-state index in [0.717, 1.165) is 0 Å². The lowest BCUT2D eigenvalue weighted by Crippen LogP contribution is -2.09. The number of nitrogens with zero attached hydrogens (tertiary/aromatic N) is 5. The van der Waals surface area contributed by atoms with Crippen LogP contribution in [-0.2, 0) is 4.79 Å². The number of carboxylic acids is 1. The second-order valence-corrected chi connectivity index (χ2v) is 7.19. The Morgan fingerprint density at radius 3 is 2.70 bits per heavy atom. The average molecular weight is 468 g/mol. The summed E-state index contributed by atoms with van der Waals surface area (Å²) >= 11 is 5.84. The van der Waals surface area contributed by atoms with Crippen molar-refractivity contribution in [1.29, 1.82) is 0 Å². The zero-order chi connectivity index (χ0) is 23.5. The van der Waals surface area contributed by atoms with Crippen molar-refractivity contribution < 1.29 is 19.1 Å². The van der Waals surface area contributed by atoms with Crippen molar-refractivity contribution in [3.63, 3.8) is 0 Å². The van der Waals surface area contributed by atoms with E-state index in [9.17, 15) is 19.1 Å². The van der Waals surface area contributed by atoms with Gasteiger partial charge in [0.25, 0.3) is 0 Å². The molecule has 0 radical (unpaired) electrons. The molecule has 0 aliphatic carbocycles. The number of pyridine rings is 1. The third-order valence-electron chi connectivity index (χ3n) is 4.35. The van der Waals surface area contributed by atoms with Crippen LogP contribution in [0, 0.1) is 5.82 Å². The minimum atomic E-state index is -1.13. The summed E-state index contributed by atoms with van der Waals surface area (Å²) in [5, 5.41) is 19.0. The van der Waals surface area contributed by atoms with Gasteiger partial charge in [-0.3, -0.25) is 9.78 Å². The molecule has 166 valence electrons. The van der Waals surface area contributed by atoms with E-state index >= 15 is 0 Å². The molecule has 0 atom stereocenters. The van der Waals surface area contributed by atoms with E-state index in [-0.39, 0.29) is 28.3 Å². The first-order valence-electron chi connectivity index (χ1n) is 9.41. The number of benzene rings is 1. The second kappa shape index (κ2) is 9.01. The van der Waals surface area contributed by atoms with Gasteiger partial charge < -0.3 is 15.7 Å². The Morgan fingerprint density at radius 2 is 1.97 bits per heavy atom. The summed E-state index contributed by atoms with van der Waals surface area (Å²) in [5.41, 5.74) is 1.32. The molecule has 3 heterocycles. The van der Waals surface area contributed by atoms with Crippen LogP contribution >= 0.6 is 11.6 Å². The number of aromatic carboxylic acids is 1. The van der Waals surface area contributed by atoms with Crippen LogP contribution < -0.4 is 10.6 Å². The number of amides is 1. The van der Waals surface area contributed by atoms with Gasteiger partial charge in [-0.1, -0.05) is 11.6 Å². The molecule has 1 amide bonds. The largest absolute Gasteiger partial charge is 0.478 e. The van der Waals surface area contributed by atoms with Crippen molar-refractivity contribution in [2.75, 3.05) is 10.6 Å². The van der Waals surface area contributed by atoms with E-state index in [1.165, 1.54) is 54.5 Å². The minimum absolute atomic E-state index is 0.0130. The summed E-state index contributed by atoms with van der Waals surface area (Å²) in [6, 6.07) is 7.07. The van der Waals surface area contributed by atoms with Crippen molar-refractivity contribution in [2.45, 2.75) is 6.92 Å². The van der Waals surface area contributed by atoms with Gasteiger partial charge in [0.2, 0.25) is 11.9 Å². The van der Waals surface area contributed by atoms with Crippen molar-refractivity contribution in [1.82, 2.24) is 24.7 Å². The quantitative estimate of drug-likeness (QED) is 0.388. The Bertz CT molecular complexity index is 1380. The smallest absolute Gasteiger partial charge is 0.337 e. The minimum Gasteiger partial charge on any atom is -0.478 e. The average Bonchev–Trinajstić information content (AvgIpc) is 3.24. The Balaban J connectivity index is 1.79. The Labute approximate surface area is 191 Å². The van der Waals surface area contributed by atoms with Gasteiger partial charge in [-0.15, -0.1) is 5.10 Å². The second-order valence-electron chi connectivity index (χ2n) is 6.78. The van der Waals surface area contributed by atoms with Crippen LogP contribution in [-0.4, -0.2) is 41.7 Å². The predicted octanol–water partition coefficient (Wildman–Crippen LogP) is 3.92. The van der Waals surface area contributed by atoms with Gasteiger partial charge in [0.15, 0.2) is 11.6 Å². The molecule has 33 heavy (non-hydrogen) atoms. The van der Waals surface area contributed by atoms with Gasteiger partial charge in [-0.25, -0.2) is 18.9 Å². The number of carbonyl (C=O) groups is 2. The number of rotatable bonds is 6. The fourth-order valence-electron chi connectivity index (χ4n) is 2.91. The molecule has 1 aromatic carbocycles. The molecular formula is C21H15ClFN7O3. The number of aromatic nitrogens is 5. The lowest BCUT2D eigenvalue weighted by atomic mass is 10.1. The summed E-state index contributed by atoms with van der Waals surface area (Å²) < 4.78 is 14.9. The highest BCUT2D eigenvalue weighted by molar-refractivity contribution is 6.31. The Morgan fingerprint density at radius 1 is 1.15 bits per heavy atom. The number of nitrogens with one attached hydrogen (secondary N) is 2. The van der Waals surface area contributed by atoms with E-state index in [1.807, 2.05) is 0 Å². The molecule has 0 aliphatic heterocycles. The summed E-state index contributed by atoms with van der Waals surface area (Å²) in [4.78, 5) is 35.5. The summed E-state index contributed by atoms with van der Waals surface area (Å²) in [5.74, 6) is -1.27. The molecular weight excluding hydrogens is 453 g/mol. The normalized spacial score (nSPS) is 10.6. The van der Waals surface area contributed by atoms with Crippen LogP contribution in [0.4, 0.5) is 21.8 Å². The number of anilines is 3. The number of halogens is 2. The lowest BCUT2D eigenvalue weighted by molar-refractivity contribution is -0.114. The van der Waals surface area contributed by atoms with Crippen LogP contribution in [0.3, 0.4) is 0 Å².